The standard InChI is InChI=1S/C25H22FN7O3S/c1-31-23(15-28-30-31)37(35,36)32-11-9-18-12-22-17(14-29-33(22)20-7-5-19(26)6-8-20)13-25(18,16-32)24(34)21-4-2-3-10-27-21/h2-8,10,12,14-15H,9,11,13,16H2,1H3/t25-/m0/s1. The Kier molecular flexibility index (Phi) is 5.39. The average Bonchev–Trinajstić information content (AvgIpc) is 3.53. The van der Waals surface area contributed by atoms with E-state index in [0.717, 1.165) is 16.8 Å². The minimum atomic E-state index is -3.96. The van der Waals surface area contributed by atoms with Gasteiger partial charge in [0.15, 0.2) is 10.8 Å². The third kappa shape index (κ3) is 3.71. The van der Waals surface area contributed by atoms with Gasteiger partial charge in [-0.15, -0.1) is 5.10 Å². The Hall–Kier alpha value is -4.03. The highest BCUT2D eigenvalue weighted by atomic mass is 32.2. The predicted molar refractivity (Wildman–Crippen MR) is 131 cm³/mol. The van der Waals surface area contributed by atoms with Gasteiger partial charge >= 0.3 is 0 Å². The van der Waals surface area contributed by atoms with E-state index < -0.39 is 15.4 Å². The first kappa shape index (κ1) is 23.4. The lowest BCUT2D eigenvalue weighted by Crippen LogP contribution is -2.53. The number of halogens is 1. The van der Waals surface area contributed by atoms with E-state index in [4.69, 9.17) is 0 Å². The van der Waals surface area contributed by atoms with Crippen molar-refractivity contribution in [2.24, 2.45) is 12.5 Å². The minimum Gasteiger partial charge on any atom is -0.291 e. The third-order valence-electron chi connectivity index (χ3n) is 7.06. The van der Waals surface area contributed by atoms with E-state index in [2.05, 4.69) is 20.4 Å². The predicted octanol–water partition coefficient (Wildman–Crippen LogP) is 2.44. The van der Waals surface area contributed by atoms with Crippen molar-refractivity contribution in [2.45, 2.75) is 17.9 Å². The number of Topliss-reactive ketones (excluding diaryl/α,β-unsaturated/α-hetero) is 1. The van der Waals surface area contributed by atoms with Crippen molar-refractivity contribution in [3.63, 3.8) is 0 Å². The molecule has 1 saturated heterocycles. The molecule has 0 unspecified atom stereocenters. The molecular formula is C25H22FN7O3S. The molecule has 0 amide bonds. The van der Waals surface area contributed by atoms with Crippen LogP contribution >= 0.6 is 0 Å². The van der Waals surface area contributed by atoms with Crippen molar-refractivity contribution in [1.29, 1.82) is 0 Å². The summed E-state index contributed by atoms with van der Waals surface area (Å²) in [5, 5.41) is 11.9. The molecular weight excluding hydrogens is 497 g/mol. The Morgan fingerprint density at radius 1 is 1.11 bits per heavy atom. The van der Waals surface area contributed by atoms with Gasteiger partial charge in [0.25, 0.3) is 10.0 Å². The SMILES string of the molecule is Cn1nncc1S(=O)(=O)N1CCC2=Cc3c(cnn3-c3ccc(F)cc3)C[C@]2(C(=O)c2ccccn2)C1. The average molecular weight is 520 g/mol. The van der Waals surface area contributed by atoms with Crippen molar-refractivity contribution in [3.05, 3.63) is 89.4 Å². The zero-order valence-corrected chi connectivity index (χ0v) is 20.6. The molecule has 10 nitrogen and oxygen atoms in total. The molecule has 0 bridgehead atoms. The van der Waals surface area contributed by atoms with Crippen LogP contribution in [0.1, 0.15) is 28.2 Å². The van der Waals surface area contributed by atoms with E-state index in [1.54, 1.807) is 47.4 Å². The van der Waals surface area contributed by atoms with Gasteiger partial charge in [-0.25, -0.2) is 22.2 Å². The van der Waals surface area contributed by atoms with Crippen LogP contribution in [0.25, 0.3) is 11.8 Å². The Morgan fingerprint density at radius 3 is 2.62 bits per heavy atom. The van der Waals surface area contributed by atoms with Gasteiger partial charge in [-0.2, -0.15) is 9.40 Å². The summed E-state index contributed by atoms with van der Waals surface area (Å²) in [4.78, 5) is 18.4. The summed E-state index contributed by atoms with van der Waals surface area (Å²) in [7, 11) is -2.44. The molecule has 6 rings (SSSR count). The number of aromatic nitrogens is 6. The van der Waals surface area contributed by atoms with Gasteiger partial charge in [0, 0.05) is 26.3 Å². The summed E-state index contributed by atoms with van der Waals surface area (Å²) in [5.74, 6) is -0.595. The van der Waals surface area contributed by atoms with Crippen LogP contribution in [0, 0.1) is 11.2 Å². The van der Waals surface area contributed by atoms with Gasteiger partial charge in [-0.05, 0) is 60.9 Å². The molecule has 0 radical (unpaired) electrons. The number of aryl methyl sites for hydroxylation is 1. The number of piperidine rings is 1. The maximum Gasteiger partial charge on any atom is 0.261 e. The molecule has 0 N–H and O–H groups in total. The monoisotopic (exact) mass is 519 g/mol. The number of nitrogens with zero attached hydrogens (tertiary/aromatic N) is 7. The lowest BCUT2D eigenvalue weighted by atomic mass is 9.65. The van der Waals surface area contributed by atoms with Gasteiger partial charge in [0.2, 0.25) is 0 Å². The molecule has 1 fully saturated rings. The fourth-order valence-corrected chi connectivity index (χ4v) is 6.73. The van der Waals surface area contributed by atoms with Gasteiger partial charge in [-0.1, -0.05) is 16.9 Å². The fourth-order valence-electron chi connectivity index (χ4n) is 5.20. The second-order valence-corrected chi connectivity index (χ2v) is 11.1. The second-order valence-electron chi connectivity index (χ2n) is 9.20. The van der Waals surface area contributed by atoms with E-state index in [9.17, 15) is 17.6 Å². The number of pyridine rings is 1. The molecule has 188 valence electrons. The smallest absolute Gasteiger partial charge is 0.261 e. The van der Waals surface area contributed by atoms with Crippen LogP contribution < -0.4 is 0 Å². The van der Waals surface area contributed by atoms with Crippen LogP contribution in [0.2, 0.25) is 0 Å². The first-order valence-electron chi connectivity index (χ1n) is 11.6. The maximum atomic E-state index is 14.1. The van der Waals surface area contributed by atoms with E-state index in [0.29, 0.717) is 12.1 Å². The van der Waals surface area contributed by atoms with Gasteiger partial charge in [-0.3, -0.25) is 9.78 Å². The lowest BCUT2D eigenvalue weighted by Gasteiger charge is -2.44. The Bertz CT molecular complexity index is 1640. The first-order valence-corrected chi connectivity index (χ1v) is 13.1. The van der Waals surface area contributed by atoms with Crippen molar-refractivity contribution < 1.29 is 17.6 Å². The largest absolute Gasteiger partial charge is 0.291 e. The van der Waals surface area contributed by atoms with Crippen molar-refractivity contribution >= 4 is 21.9 Å². The van der Waals surface area contributed by atoms with Crippen LogP contribution in [-0.4, -0.2) is 61.4 Å². The number of benzene rings is 1. The summed E-state index contributed by atoms with van der Waals surface area (Å²) in [6.07, 6.45) is 6.95. The first-order chi connectivity index (χ1) is 17.8. The molecule has 1 atom stereocenters. The molecule has 4 aromatic rings. The van der Waals surface area contributed by atoms with Crippen molar-refractivity contribution in [1.82, 2.24) is 34.1 Å². The normalized spacial score (nSPS) is 19.7. The molecule has 12 heteroatoms. The number of hydrogen-bond acceptors (Lipinski definition) is 7. The fraction of sp³-hybridized carbons (Fsp3) is 0.240. The Labute approximate surface area is 212 Å². The highest BCUT2D eigenvalue weighted by Crippen LogP contribution is 2.47. The summed E-state index contributed by atoms with van der Waals surface area (Å²) < 4.78 is 44.8. The van der Waals surface area contributed by atoms with E-state index >= 15 is 0 Å². The number of rotatable bonds is 5. The third-order valence-corrected chi connectivity index (χ3v) is 8.95. The molecule has 1 aromatic carbocycles. The number of ketones is 1. The number of carbonyl (C=O) groups is 1. The zero-order chi connectivity index (χ0) is 25.8. The number of fused-ring (bicyclic) bond motifs is 2. The molecule has 1 aliphatic carbocycles. The quantitative estimate of drug-likeness (QED) is 0.372. The summed E-state index contributed by atoms with van der Waals surface area (Å²) in [6.45, 7) is 0.138. The van der Waals surface area contributed by atoms with E-state index in [-0.39, 0.29) is 41.8 Å². The molecule has 4 heterocycles. The summed E-state index contributed by atoms with van der Waals surface area (Å²) in [5.41, 5.74) is 2.19. The number of sulfonamides is 1. The highest BCUT2D eigenvalue weighted by Gasteiger charge is 2.51. The minimum absolute atomic E-state index is 0.0407. The zero-order valence-electron chi connectivity index (χ0n) is 19.8. The van der Waals surface area contributed by atoms with Crippen LogP contribution in [0.4, 0.5) is 4.39 Å². The van der Waals surface area contributed by atoms with Gasteiger partial charge in [0.05, 0.1) is 29.2 Å². The topological polar surface area (TPSA) is 116 Å². The molecule has 3 aromatic heterocycles. The van der Waals surface area contributed by atoms with Crippen molar-refractivity contribution in [3.8, 4) is 5.69 Å². The highest BCUT2D eigenvalue weighted by molar-refractivity contribution is 7.89. The molecule has 2 aliphatic rings. The molecule has 37 heavy (non-hydrogen) atoms. The molecule has 1 aliphatic heterocycles. The maximum absolute atomic E-state index is 14.1. The van der Waals surface area contributed by atoms with Crippen LogP contribution in [-0.2, 0) is 23.5 Å². The van der Waals surface area contributed by atoms with Crippen LogP contribution in [0.15, 0.2) is 71.7 Å². The van der Waals surface area contributed by atoms with Crippen LogP contribution in [0.3, 0.4) is 0 Å². The van der Waals surface area contributed by atoms with Crippen LogP contribution in [0.5, 0.6) is 0 Å². The number of carbonyl (C=O) groups excluding carboxylic acids is 1. The number of hydrogen-bond donors (Lipinski definition) is 0. The van der Waals surface area contributed by atoms with Gasteiger partial charge in [0.1, 0.15) is 11.5 Å². The Balaban J connectivity index is 1.46. The van der Waals surface area contributed by atoms with E-state index in [1.165, 1.54) is 34.4 Å². The van der Waals surface area contributed by atoms with Gasteiger partial charge < -0.3 is 0 Å². The summed E-state index contributed by atoms with van der Waals surface area (Å²) >= 11 is 0. The Morgan fingerprint density at radius 2 is 1.92 bits per heavy atom. The van der Waals surface area contributed by atoms with E-state index in [1.807, 2.05) is 6.08 Å². The van der Waals surface area contributed by atoms with Crippen molar-refractivity contribution in [2.75, 3.05) is 13.1 Å². The molecule has 0 spiro atoms. The molecule has 0 saturated carbocycles. The second kappa shape index (κ2) is 8.53. The summed E-state index contributed by atoms with van der Waals surface area (Å²) in [6, 6.07) is 11.1. The lowest BCUT2D eigenvalue weighted by molar-refractivity contribution is 0.0770.